The molecule has 0 bridgehead atoms. The van der Waals surface area contributed by atoms with Gasteiger partial charge in [-0.1, -0.05) is 44.2 Å². The number of hydrogen-bond donors (Lipinski definition) is 0. The van der Waals surface area contributed by atoms with Crippen molar-refractivity contribution in [3.8, 4) is 0 Å². The number of ketones is 1. The van der Waals surface area contributed by atoms with Crippen LogP contribution in [0.1, 0.15) is 32.4 Å². The van der Waals surface area contributed by atoms with Gasteiger partial charge in [0.05, 0.1) is 0 Å². The minimum absolute atomic E-state index is 0.0638. The first-order valence-corrected chi connectivity index (χ1v) is 5.77. The Morgan fingerprint density at radius 3 is 2.06 bits per heavy atom. The summed E-state index contributed by atoms with van der Waals surface area (Å²) < 4.78 is 0. The molecule has 17 heavy (non-hydrogen) atoms. The van der Waals surface area contributed by atoms with Crippen LogP contribution in [-0.2, 0) is 9.59 Å². The van der Waals surface area contributed by atoms with Crippen molar-refractivity contribution in [2.75, 3.05) is 7.05 Å². The summed E-state index contributed by atoms with van der Waals surface area (Å²) in [7, 11) is 1.67. The molecule has 1 aromatic rings. The fourth-order valence-electron chi connectivity index (χ4n) is 1.71. The minimum Gasteiger partial charge on any atom is -0.332 e. The van der Waals surface area contributed by atoms with Crippen LogP contribution in [0, 0.1) is 5.92 Å². The number of nitrogens with zero attached hydrogens (tertiary/aromatic N) is 1. The van der Waals surface area contributed by atoms with E-state index in [2.05, 4.69) is 0 Å². The highest BCUT2D eigenvalue weighted by Gasteiger charge is 2.28. The summed E-state index contributed by atoms with van der Waals surface area (Å²) in [5.74, 6) is -0.135. The summed E-state index contributed by atoms with van der Waals surface area (Å²) in [6.07, 6.45) is 0. The van der Waals surface area contributed by atoms with Gasteiger partial charge in [0.15, 0.2) is 5.78 Å². The molecular weight excluding hydrogens is 214 g/mol. The Bertz CT molecular complexity index is 398. The van der Waals surface area contributed by atoms with Crippen molar-refractivity contribution in [2.24, 2.45) is 5.92 Å². The van der Waals surface area contributed by atoms with E-state index in [0.29, 0.717) is 0 Å². The molecule has 0 heterocycles. The van der Waals surface area contributed by atoms with E-state index in [-0.39, 0.29) is 17.6 Å². The lowest BCUT2D eigenvalue weighted by Gasteiger charge is -2.27. The fourth-order valence-corrected chi connectivity index (χ4v) is 1.71. The lowest BCUT2D eigenvalue weighted by Crippen LogP contribution is -2.36. The van der Waals surface area contributed by atoms with Crippen molar-refractivity contribution in [3.63, 3.8) is 0 Å². The van der Waals surface area contributed by atoms with Crippen LogP contribution in [0.4, 0.5) is 0 Å². The van der Waals surface area contributed by atoms with E-state index in [4.69, 9.17) is 0 Å². The van der Waals surface area contributed by atoms with E-state index in [0.717, 1.165) is 5.56 Å². The first kappa shape index (κ1) is 13.4. The molecule has 1 unspecified atom stereocenters. The normalized spacial score (nSPS) is 12.3. The Balaban J connectivity index is 3.12. The Morgan fingerprint density at radius 2 is 1.65 bits per heavy atom. The molecule has 0 aliphatic rings. The SMILES string of the molecule is CC(=O)N(C)C(C(=O)C(C)C)c1ccccc1. The molecule has 3 heteroatoms. The average Bonchev–Trinajstić information content (AvgIpc) is 2.30. The maximum Gasteiger partial charge on any atom is 0.220 e. The van der Waals surface area contributed by atoms with Crippen LogP contribution in [0.25, 0.3) is 0 Å². The maximum atomic E-state index is 12.2. The summed E-state index contributed by atoms with van der Waals surface area (Å²) >= 11 is 0. The van der Waals surface area contributed by atoms with Gasteiger partial charge in [-0.25, -0.2) is 0 Å². The Kier molecular flexibility index (Phi) is 4.44. The highest BCUT2D eigenvalue weighted by atomic mass is 16.2. The highest BCUT2D eigenvalue weighted by molar-refractivity contribution is 5.90. The molecule has 0 fully saturated rings. The molecule has 1 aromatic carbocycles. The lowest BCUT2D eigenvalue weighted by molar-refractivity contribution is -0.138. The van der Waals surface area contributed by atoms with E-state index in [9.17, 15) is 9.59 Å². The average molecular weight is 233 g/mol. The molecule has 92 valence electrons. The molecule has 0 aliphatic carbocycles. The quantitative estimate of drug-likeness (QED) is 0.801. The molecule has 1 rings (SSSR count). The third-order valence-corrected chi connectivity index (χ3v) is 2.84. The van der Waals surface area contributed by atoms with Crippen molar-refractivity contribution < 1.29 is 9.59 Å². The molecule has 0 spiro atoms. The molecule has 1 atom stereocenters. The maximum absolute atomic E-state index is 12.2. The van der Waals surface area contributed by atoms with Gasteiger partial charge in [-0.05, 0) is 5.56 Å². The Hall–Kier alpha value is -1.64. The number of rotatable bonds is 4. The predicted octanol–water partition coefficient (Wildman–Crippen LogP) is 2.43. The van der Waals surface area contributed by atoms with Crippen LogP contribution in [-0.4, -0.2) is 23.6 Å². The van der Waals surface area contributed by atoms with Crippen molar-refractivity contribution >= 4 is 11.7 Å². The van der Waals surface area contributed by atoms with Crippen molar-refractivity contribution in [1.29, 1.82) is 0 Å². The lowest BCUT2D eigenvalue weighted by atomic mass is 9.94. The van der Waals surface area contributed by atoms with E-state index in [1.54, 1.807) is 7.05 Å². The van der Waals surface area contributed by atoms with Gasteiger partial charge in [0.25, 0.3) is 0 Å². The van der Waals surface area contributed by atoms with Gasteiger partial charge in [0.1, 0.15) is 6.04 Å². The van der Waals surface area contributed by atoms with Gasteiger partial charge >= 0.3 is 0 Å². The first-order chi connectivity index (χ1) is 7.95. The van der Waals surface area contributed by atoms with Crippen LogP contribution in [0.15, 0.2) is 30.3 Å². The number of hydrogen-bond acceptors (Lipinski definition) is 2. The fraction of sp³-hybridized carbons (Fsp3) is 0.429. The summed E-state index contributed by atoms with van der Waals surface area (Å²) in [4.78, 5) is 25.2. The van der Waals surface area contributed by atoms with Crippen LogP contribution >= 0.6 is 0 Å². The van der Waals surface area contributed by atoms with Gasteiger partial charge in [-0.3, -0.25) is 9.59 Å². The van der Waals surface area contributed by atoms with Gasteiger partial charge in [-0.15, -0.1) is 0 Å². The van der Waals surface area contributed by atoms with Gasteiger partial charge < -0.3 is 4.90 Å². The largest absolute Gasteiger partial charge is 0.332 e. The first-order valence-electron chi connectivity index (χ1n) is 5.77. The van der Waals surface area contributed by atoms with Crippen LogP contribution in [0.2, 0.25) is 0 Å². The topological polar surface area (TPSA) is 37.4 Å². The van der Waals surface area contributed by atoms with Crippen LogP contribution in [0.3, 0.4) is 0 Å². The number of amides is 1. The monoisotopic (exact) mass is 233 g/mol. The molecule has 0 N–H and O–H groups in total. The number of carbonyl (C=O) groups excluding carboxylic acids is 2. The second-order valence-corrected chi connectivity index (χ2v) is 4.50. The van der Waals surface area contributed by atoms with Crippen molar-refractivity contribution in [1.82, 2.24) is 4.90 Å². The van der Waals surface area contributed by atoms with Crippen LogP contribution in [0.5, 0.6) is 0 Å². The second-order valence-electron chi connectivity index (χ2n) is 4.50. The van der Waals surface area contributed by atoms with E-state index in [1.165, 1.54) is 11.8 Å². The molecule has 1 amide bonds. The summed E-state index contributed by atoms with van der Waals surface area (Å²) in [6.45, 7) is 5.18. The highest BCUT2D eigenvalue weighted by Crippen LogP contribution is 2.23. The zero-order valence-electron chi connectivity index (χ0n) is 10.8. The number of Topliss-reactive ketones (excluding diaryl/α,β-unsaturated/α-hetero) is 1. The minimum atomic E-state index is -0.478. The predicted molar refractivity (Wildman–Crippen MR) is 67.5 cm³/mol. The molecule has 3 nitrogen and oxygen atoms in total. The van der Waals surface area contributed by atoms with E-state index in [1.807, 2.05) is 44.2 Å². The molecular formula is C14H19NO2. The zero-order valence-corrected chi connectivity index (χ0v) is 10.8. The summed E-state index contributed by atoms with van der Waals surface area (Å²) in [5, 5.41) is 0. The molecule has 0 aliphatic heterocycles. The molecule has 0 radical (unpaired) electrons. The molecule has 0 saturated heterocycles. The van der Waals surface area contributed by atoms with E-state index < -0.39 is 6.04 Å². The Morgan fingerprint density at radius 1 is 1.12 bits per heavy atom. The third kappa shape index (κ3) is 3.16. The third-order valence-electron chi connectivity index (χ3n) is 2.84. The summed E-state index contributed by atoms with van der Waals surface area (Å²) in [5.41, 5.74) is 0.865. The van der Waals surface area contributed by atoms with Crippen LogP contribution < -0.4 is 0 Å². The van der Waals surface area contributed by atoms with Gasteiger partial charge in [-0.2, -0.15) is 0 Å². The van der Waals surface area contributed by atoms with Gasteiger partial charge in [0.2, 0.25) is 5.91 Å². The number of carbonyl (C=O) groups is 2. The second kappa shape index (κ2) is 5.62. The number of benzene rings is 1. The molecule has 0 aromatic heterocycles. The summed E-state index contributed by atoms with van der Waals surface area (Å²) in [6, 6.07) is 8.94. The molecule has 0 saturated carbocycles. The number of likely N-dealkylation sites (N-methyl/N-ethyl adjacent to an activating group) is 1. The zero-order chi connectivity index (χ0) is 13.0. The van der Waals surface area contributed by atoms with E-state index >= 15 is 0 Å². The van der Waals surface area contributed by atoms with Gasteiger partial charge in [0, 0.05) is 19.9 Å². The standard InChI is InChI=1S/C14H19NO2/c1-10(2)14(17)13(15(4)11(3)16)12-8-6-5-7-9-12/h5-10,13H,1-4H3. The van der Waals surface area contributed by atoms with Crippen molar-refractivity contribution in [2.45, 2.75) is 26.8 Å². The van der Waals surface area contributed by atoms with Crippen molar-refractivity contribution in [3.05, 3.63) is 35.9 Å². The smallest absolute Gasteiger partial charge is 0.220 e. The Labute approximate surface area is 102 Å².